The van der Waals surface area contributed by atoms with Gasteiger partial charge < -0.3 is 10.4 Å². The third-order valence-electron chi connectivity index (χ3n) is 3.89. The zero-order valence-electron chi connectivity index (χ0n) is 10.5. The van der Waals surface area contributed by atoms with Gasteiger partial charge in [-0.15, -0.1) is 0 Å². The molecule has 1 aliphatic heterocycles. The van der Waals surface area contributed by atoms with E-state index in [0.717, 1.165) is 24.0 Å². The van der Waals surface area contributed by atoms with Crippen LogP contribution >= 0.6 is 15.9 Å². The lowest BCUT2D eigenvalue weighted by atomic mass is 9.76. The maximum atomic E-state index is 13.8. The van der Waals surface area contributed by atoms with E-state index in [1.165, 1.54) is 6.07 Å². The summed E-state index contributed by atoms with van der Waals surface area (Å²) in [5, 5.41) is 14.0. The summed E-state index contributed by atoms with van der Waals surface area (Å²) in [6.07, 6.45) is 1.98. The van der Waals surface area contributed by atoms with Crippen molar-refractivity contribution in [2.24, 2.45) is 5.92 Å². The molecule has 1 saturated heterocycles. The summed E-state index contributed by atoms with van der Waals surface area (Å²) in [5.74, 6) is -0.0551. The third-order valence-corrected chi connectivity index (χ3v) is 4.38. The Bertz CT molecular complexity index is 426. The lowest BCUT2D eigenvalue weighted by molar-refractivity contribution is -0.0419. The molecule has 4 heteroatoms. The first-order valence-electron chi connectivity index (χ1n) is 6.42. The highest BCUT2D eigenvalue weighted by Crippen LogP contribution is 2.31. The van der Waals surface area contributed by atoms with Crippen molar-refractivity contribution < 1.29 is 9.50 Å². The van der Waals surface area contributed by atoms with Crippen LogP contribution in [0.25, 0.3) is 0 Å². The van der Waals surface area contributed by atoms with Crippen molar-refractivity contribution in [2.75, 3.05) is 13.1 Å². The maximum Gasteiger partial charge on any atom is 0.127 e. The summed E-state index contributed by atoms with van der Waals surface area (Å²) in [6.45, 7) is 3.68. The molecule has 2 nitrogen and oxygen atoms in total. The summed E-state index contributed by atoms with van der Waals surface area (Å²) >= 11 is 3.25. The highest BCUT2D eigenvalue weighted by atomic mass is 79.9. The minimum absolute atomic E-state index is 0.189. The number of hydrogen-bond acceptors (Lipinski definition) is 2. The van der Waals surface area contributed by atoms with Crippen LogP contribution in [0.5, 0.6) is 0 Å². The molecule has 0 aliphatic carbocycles. The molecule has 1 fully saturated rings. The van der Waals surface area contributed by atoms with Gasteiger partial charge in [-0.1, -0.05) is 28.9 Å². The van der Waals surface area contributed by atoms with Crippen molar-refractivity contribution in [3.05, 3.63) is 34.1 Å². The van der Waals surface area contributed by atoms with E-state index in [4.69, 9.17) is 0 Å². The number of nitrogens with one attached hydrogen (secondary N) is 1. The highest BCUT2D eigenvalue weighted by Gasteiger charge is 2.38. The van der Waals surface area contributed by atoms with Crippen molar-refractivity contribution in [3.8, 4) is 0 Å². The normalized spacial score (nSPS) is 28.3. The molecular formula is C14H19BrFNO. The second-order valence-corrected chi connectivity index (χ2v) is 5.99. The minimum Gasteiger partial charge on any atom is -0.389 e. The van der Waals surface area contributed by atoms with Crippen LogP contribution in [0.15, 0.2) is 22.7 Å². The monoisotopic (exact) mass is 315 g/mol. The number of rotatable bonds is 3. The van der Waals surface area contributed by atoms with Crippen LogP contribution in [0.4, 0.5) is 4.39 Å². The number of hydrogen-bond donors (Lipinski definition) is 2. The molecule has 2 unspecified atom stereocenters. The van der Waals surface area contributed by atoms with Crippen LogP contribution in [0.3, 0.4) is 0 Å². The lowest BCUT2D eigenvalue weighted by Gasteiger charge is -2.40. The molecule has 100 valence electrons. The highest BCUT2D eigenvalue weighted by molar-refractivity contribution is 9.10. The fourth-order valence-corrected chi connectivity index (χ4v) is 3.06. The zero-order valence-corrected chi connectivity index (χ0v) is 12.1. The summed E-state index contributed by atoms with van der Waals surface area (Å²) in [4.78, 5) is 0. The molecular weight excluding hydrogens is 297 g/mol. The third kappa shape index (κ3) is 2.92. The molecule has 1 heterocycles. The molecule has 2 rings (SSSR count). The maximum absolute atomic E-state index is 13.8. The average Bonchev–Trinajstić information content (AvgIpc) is 2.33. The van der Waals surface area contributed by atoms with Gasteiger partial charge >= 0.3 is 0 Å². The van der Waals surface area contributed by atoms with Crippen LogP contribution < -0.4 is 5.32 Å². The van der Waals surface area contributed by atoms with E-state index >= 15 is 0 Å². The zero-order chi connectivity index (χ0) is 13.2. The van der Waals surface area contributed by atoms with Gasteiger partial charge in [0.15, 0.2) is 0 Å². The van der Waals surface area contributed by atoms with Gasteiger partial charge in [-0.25, -0.2) is 4.39 Å². The molecule has 0 saturated carbocycles. The SMILES string of the molecule is CCC1CNCCC1(O)Cc1ccc(Br)cc1F. The molecule has 18 heavy (non-hydrogen) atoms. The Hall–Kier alpha value is -0.450. The van der Waals surface area contributed by atoms with Crippen LogP contribution in [0.2, 0.25) is 0 Å². The van der Waals surface area contributed by atoms with Gasteiger partial charge in [0.1, 0.15) is 5.82 Å². The Labute approximate surface area is 116 Å². The fraction of sp³-hybridized carbons (Fsp3) is 0.571. The van der Waals surface area contributed by atoms with Crippen molar-refractivity contribution in [3.63, 3.8) is 0 Å². The van der Waals surface area contributed by atoms with Crippen molar-refractivity contribution in [1.29, 1.82) is 0 Å². The first-order valence-corrected chi connectivity index (χ1v) is 7.21. The van der Waals surface area contributed by atoms with E-state index in [2.05, 4.69) is 28.2 Å². The second-order valence-electron chi connectivity index (χ2n) is 5.08. The van der Waals surface area contributed by atoms with E-state index in [0.29, 0.717) is 18.4 Å². The Balaban J connectivity index is 2.20. The average molecular weight is 316 g/mol. The molecule has 1 aromatic rings. The number of piperidine rings is 1. The molecule has 0 amide bonds. The molecule has 0 radical (unpaired) electrons. The van der Waals surface area contributed by atoms with Crippen LogP contribution in [0, 0.1) is 11.7 Å². The minimum atomic E-state index is -0.783. The molecule has 2 N–H and O–H groups in total. The Morgan fingerprint density at radius 3 is 3.00 bits per heavy atom. The molecule has 0 aromatic heterocycles. The van der Waals surface area contributed by atoms with E-state index < -0.39 is 5.60 Å². The molecule has 0 spiro atoms. The summed E-state index contributed by atoms with van der Waals surface area (Å²) in [7, 11) is 0. The van der Waals surface area contributed by atoms with Crippen molar-refractivity contribution >= 4 is 15.9 Å². The number of halogens is 2. The van der Waals surface area contributed by atoms with E-state index in [-0.39, 0.29) is 11.7 Å². The largest absolute Gasteiger partial charge is 0.389 e. The van der Waals surface area contributed by atoms with Gasteiger partial charge in [0.05, 0.1) is 5.60 Å². The Kier molecular flexibility index (Phi) is 4.41. The van der Waals surface area contributed by atoms with E-state index in [9.17, 15) is 9.50 Å². The first kappa shape index (κ1) is 14.0. The van der Waals surface area contributed by atoms with Crippen LogP contribution in [-0.2, 0) is 6.42 Å². The Morgan fingerprint density at radius 1 is 1.56 bits per heavy atom. The van der Waals surface area contributed by atoms with E-state index in [1.54, 1.807) is 6.07 Å². The fourth-order valence-electron chi connectivity index (χ4n) is 2.73. The van der Waals surface area contributed by atoms with Gasteiger partial charge in [0.2, 0.25) is 0 Å². The summed E-state index contributed by atoms with van der Waals surface area (Å²) < 4.78 is 14.6. The van der Waals surface area contributed by atoms with Crippen LogP contribution in [-0.4, -0.2) is 23.8 Å². The Morgan fingerprint density at radius 2 is 2.33 bits per heavy atom. The quantitative estimate of drug-likeness (QED) is 0.899. The smallest absolute Gasteiger partial charge is 0.127 e. The van der Waals surface area contributed by atoms with Crippen LogP contribution in [0.1, 0.15) is 25.3 Å². The van der Waals surface area contributed by atoms with Gasteiger partial charge in [-0.2, -0.15) is 0 Å². The summed E-state index contributed by atoms with van der Waals surface area (Å²) in [6, 6.07) is 5.04. The lowest BCUT2D eigenvalue weighted by Crippen LogP contribution is -2.51. The molecule has 1 aliphatic rings. The van der Waals surface area contributed by atoms with Crippen molar-refractivity contribution in [1.82, 2.24) is 5.32 Å². The van der Waals surface area contributed by atoms with Crippen molar-refractivity contribution in [2.45, 2.75) is 31.8 Å². The number of benzene rings is 1. The van der Waals surface area contributed by atoms with E-state index in [1.807, 2.05) is 6.07 Å². The molecule has 1 aromatic carbocycles. The van der Waals surface area contributed by atoms with Gasteiger partial charge in [-0.3, -0.25) is 0 Å². The molecule has 2 atom stereocenters. The number of aliphatic hydroxyl groups is 1. The second kappa shape index (κ2) is 5.68. The first-order chi connectivity index (χ1) is 8.55. The topological polar surface area (TPSA) is 32.3 Å². The summed E-state index contributed by atoms with van der Waals surface area (Å²) in [5.41, 5.74) is -0.185. The predicted molar refractivity (Wildman–Crippen MR) is 74.0 cm³/mol. The molecule has 0 bridgehead atoms. The van der Waals surface area contributed by atoms with Gasteiger partial charge in [0, 0.05) is 23.4 Å². The predicted octanol–water partition coefficient (Wildman–Crippen LogP) is 2.88. The standard InChI is InChI=1S/C14H19BrFNO/c1-2-11-9-17-6-5-14(11,18)8-10-3-4-12(15)7-13(10)16/h3-4,7,11,17-18H,2,5-6,8-9H2,1H3. The van der Waals surface area contributed by atoms with Gasteiger partial charge in [-0.05, 0) is 37.1 Å². The van der Waals surface area contributed by atoms with Gasteiger partial charge in [0.25, 0.3) is 0 Å².